The summed E-state index contributed by atoms with van der Waals surface area (Å²) in [4.78, 5) is 6.49. The molecular formula is C12H13Br2N3S. The Labute approximate surface area is 127 Å². The second kappa shape index (κ2) is 5.59. The number of nitrogens with zero attached hydrogens (tertiary/aromatic N) is 2. The van der Waals surface area contributed by atoms with E-state index in [1.54, 1.807) is 17.5 Å². The van der Waals surface area contributed by atoms with Crippen LogP contribution < -0.4 is 10.6 Å². The van der Waals surface area contributed by atoms with E-state index in [9.17, 15) is 0 Å². The van der Waals surface area contributed by atoms with Gasteiger partial charge in [-0.3, -0.25) is 0 Å². The predicted octanol–water partition coefficient (Wildman–Crippen LogP) is 4.20. The number of hydrogen-bond donors (Lipinski definition) is 1. The standard InChI is InChI=1S/C12H13Br2N3S/c1-7-9(15)4-16-12(11(7)14)17(2)5-8-3-10(13)18-6-8/h3-4,6H,5,15H2,1-2H3. The highest BCUT2D eigenvalue weighted by Gasteiger charge is 2.12. The van der Waals surface area contributed by atoms with E-state index in [0.29, 0.717) is 5.69 Å². The Hall–Kier alpha value is -0.590. The van der Waals surface area contributed by atoms with Gasteiger partial charge in [-0.25, -0.2) is 4.98 Å². The van der Waals surface area contributed by atoms with E-state index in [-0.39, 0.29) is 0 Å². The fourth-order valence-electron chi connectivity index (χ4n) is 1.62. The number of nitrogens with two attached hydrogens (primary N) is 1. The molecule has 2 aromatic rings. The number of pyridine rings is 1. The molecule has 0 radical (unpaired) electrons. The van der Waals surface area contributed by atoms with Crippen molar-refractivity contribution in [2.24, 2.45) is 0 Å². The summed E-state index contributed by atoms with van der Waals surface area (Å²) in [6, 6.07) is 2.12. The molecule has 0 amide bonds. The summed E-state index contributed by atoms with van der Waals surface area (Å²) in [6.07, 6.45) is 1.70. The van der Waals surface area contributed by atoms with Crippen molar-refractivity contribution in [3.8, 4) is 0 Å². The molecule has 0 saturated carbocycles. The Kier molecular flexibility index (Phi) is 4.29. The second-order valence-corrected chi connectivity index (χ2v) is 7.17. The largest absolute Gasteiger partial charge is 0.397 e. The van der Waals surface area contributed by atoms with Crippen LogP contribution in [0.5, 0.6) is 0 Å². The van der Waals surface area contributed by atoms with Gasteiger partial charge in [0, 0.05) is 13.6 Å². The molecule has 3 nitrogen and oxygen atoms in total. The van der Waals surface area contributed by atoms with Crippen LogP contribution in [0.25, 0.3) is 0 Å². The zero-order valence-electron chi connectivity index (χ0n) is 10.1. The molecule has 0 aliphatic carbocycles. The van der Waals surface area contributed by atoms with Gasteiger partial charge in [-0.2, -0.15) is 0 Å². The lowest BCUT2D eigenvalue weighted by Crippen LogP contribution is -2.18. The van der Waals surface area contributed by atoms with E-state index in [0.717, 1.165) is 26.2 Å². The number of hydrogen-bond acceptors (Lipinski definition) is 4. The van der Waals surface area contributed by atoms with Crippen LogP contribution in [0.1, 0.15) is 11.1 Å². The van der Waals surface area contributed by atoms with Crippen LogP contribution in [0.3, 0.4) is 0 Å². The monoisotopic (exact) mass is 389 g/mol. The molecule has 0 unspecified atom stereocenters. The lowest BCUT2D eigenvalue weighted by Gasteiger charge is -2.20. The van der Waals surface area contributed by atoms with E-state index >= 15 is 0 Å². The van der Waals surface area contributed by atoms with Gasteiger partial charge in [0.1, 0.15) is 5.82 Å². The third-order valence-corrected chi connectivity index (χ3v) is 5.19. The first-order valence-corrected chi connectivity index (χ1v) is 7.80. The van der Waals surface area contributed by atoms with Gasteiger partial charge in [0.25, 0.3) is 0 Å². The Morgan fingerprint density at radius 2 is 2.17 bits per heavy atom. The summed E-state index contributed by atoms with van der Waals surface area (Å²) in [7, 11) is 2.02. The van der Waals surface area contributed by atoms with Crippen LogP contribution in [0, 0.1) is 6.92 Å². The molecule has 0 aliphatic heterocycles. The first-order chi connectivity index (χ1) is 8.49. The highest BCUT2D eigenvalue weighted by molar-refractivity contribution is 9.11. The average molecular weight is 391 g/mol. The minimum atomic E-state index is 0.706. The smallest absolute Gasteiger partial charge is 0.143 e. The number of nitrogen functional groups attached to an aromatic ring is 1. The first-order valence-electron chi connectivity index (χ1n) is 5.33. The number of anilines is 2. The summed E-state index contributed by atoms with van der Waals surface area (Å²) < 4.78 is 2.10. The number of thiophene rings is 1. The van der Waals surface area contributed by atoms with Gasteiger partial charge < -0.3 is 10.6 Å². The molecule has 96 valence electrons. The summed E-state index contributed by atoms with van der Waals surface area (Å²) in [5, 5.41) is 2.14. The van der Waals surface area contributed by atoms with Crippen molar-refractivity contribution in [3.63, 3.8) is 0 Å². The molecular weight excluding hydrogens is 378 g/mol. The van der Waals surface area contributed by atoms with E-state index < -0.39 is 0 Å². The predicted molar refractivity (Wildman–Crippen MR) is 85.2 cm³/mol. The maximum absolute atomic E-state index is 5.83. The molecule has 0 aliphatic rings. The van der Waals surface area contributed by atoms with E-state index in [1.165, 1.54) is 5.56 Å². The molecule has 2 aromatic heterocycles. The van der Waals surface area contributed by atoms with Crippen LogP contribution >= 0.6 is 43.2 Å². The van der Waals surface area contributed by atoms with Gasteiger partial charge in [-0.05, 0) is 61.4 Å². The Morgan fingerprint density at radius 3 is 2.78 bits per heavy atom. The molecule has 0 atom stereocenters. The highest BCUT2D eigenvalue weighted by atomic mass is 79.9. The zero-order valence-corrected chi connectivity index (χ0v) is 14.1. The third kappa shape index (κ3) is 2.87. The molecule has 0 aromatic carbocycles. The molecule has 0 spiro atoms. The van der Waals surface area contributed by atoms with Crippen molar-refractivity contribution < 1.29 is 0 Å². The van der Waals surface area contributed by atoms with Gasteiger partial charge in [0.05, 0.1) is 20.1 Å². The highest BCUT2D eigenvalue weighted by Crippen LogP contribution is 2.31. The molecule has 0 saturated heterocycles. The molecule has 2 rings (SSSR count). The number of rotatable bonds is 3. The van der Waals surface area contributed by atoms with Crippen molar-refractivity contribution in [2.45, 2.75) is 13.5 Å². The minimum Gasteiger partial charge on any atom is -0.397 e. The first kappa shape index (κ1) is 13.8. The Bertz CT molecular complexity index is 568. The lowest BCUT2D eigenvalue weighted by atomic mass is 10.2. The summed E-state index contributed by atoms with van der Waals surface area (Å²) in [5.41, 5.74) is 8.82. The third-order valence-electron chi connectivity index (χ3n) is 2.69. The molecule has 6 heteroatoms. The normalized spacial score (nSPS) is 10.7. The quantitative estimate of drug-likeness (QED) is 0.853. The molecule has 0 bridgehead atoms. The van der Waals surface area contributed by atoms with E-state index in [1.807, 2.05) is 14.0 Å². The van der Waals surface area contributed by atoms with Crippen LogP contribution in [0.15, 0.2) is 25.9 Å². The van der Waals surface area contributed by atoms with Crippen LogP contribution in [0.4, 0.5) is 11.5 Å². The summed E-state index contributed by atoms with van der Waals surface area (Å²) in [5.74, 6) is 0.907. The maximum atomic E-state index is 5.83. The fraction of sp³-hybridized carbons (Fsp3) is 0.250. The molecule has 2 heterocycles. The van der Waals surface area contributed by atoms with Crippen molar-refractivity contribution >= 4 is 54.7 Å². The van der Waals surface area contributed by atoms with Gasteiger partial charge in [0.15, 0.2) is 0 Å². The van der Waals surface area contributed by atoms with Crippen molar-refractivity contribution in [1.82, 2.24) is 4.98 Å². The Balaban J connectivity index is 2.24. The van der Waals surface area contributed by atoms with Crippen LogP contribution in [0.2, 0.25) is 0 Å². The Morgan fingerprint density at radius 1 is 1.44 bits per heavy atom. The number of aromatic nitrogens is 1. The summed E-state index contributed by atoms with van der Waals surface area (Å²) >= 11 is 8.72. The minimum absolute atomic E-state index is 0.706. The lowest BCUT2D eigenvalue weighted by molar-refractivity contribution is 0.896. The second-order valence-electron chi connectivity index (χ2n) is 4.09. The van der Waals surface area contributed by atoms with Crippen molar-refractivity contribution in [1.29, 1.82) is 0 Å². The average Bonchev–Trinajstić information content (AvgIpc) is 2.71. The SMILES string of the molecule is Cc1c(N)cnc(N(C)Cc2csc(Br)c2)c1Br. The van der Waals surface area contributed by atoms with E-state index in [2.05, 4.69) is 53.2 Å². The number of halogens is 2. The fourth-order valence-corrected chi connectivity index (χ4v) is 3.46. The maximum Gasteiger partial charge on any atom is 0.143 e. The van der Waals surface area contributed by atoms with Crippen molar-refractivity contribution in [3.05, 3.63) is 37.0 Å². The zero-order chi connectivity index (χ0) is 13.3. The van der Waals surface area contributed by atoms with Gasteiger partial charge in [-0.15, -0.1) is 11.3 Å². The van der Waals surface area contributed by atoms with Crippen LogP contribution in [-0.4, -0.2) is 12.0 Å². The van der Waals surface area contributed by atoms with Gasteiger partial charge in [-0.1, -0.05) is 0 Å². The van der Waals surface area contributed by atoms with E-state index in [4.69, 9.17) is 5.73 Å². The molecule has 2 N–H and O–H groups in total. The molecule has 18 heavy (non-hydrogen) atoms. The topological polar surface area (TPSA) is 42.1 Å². The molecule has 0 fully saturated rings. The van der Waals surface area contributed by atoms with Gasteiger partial charge >= 0.3 is 0 Å². The summed E-state index contributed by atoms with van der Waals surface area (Å²) in [6.45, 7) is 2.80. The van der Waals surface area contributed by atoms with Crippen molar-refractivity contribution in [2.75, 3.05) is 17.7 Å². The van der Waals surface area contributed by atoms with Gasteiger partial charge in [0.2, 0.25) is 0 Å². The van der Waals surface area contributed by atoms with Crippen LogP contribution in [-0.2, 0) is 6.54 Å².